The second-order valence-electron chi connectivity index (χ2n) is 30.8. The fraction of sp³-hybridized carbons (Fsp3) is 0.732. The van der Waals surface area contributed by atoms with Crippen molar-refractivity contribution in [3.05, 3.63) is 83.1 Å². The normalized spacial score (nSPS) is 31.9. The molecule has 8 heterocycles. The van der Waals surface area contributed by atoms with Crippen molar-refractivity contribution in [1.29, 1.82) is 0 Å². The third kappa shape index (κ3) is 12.9. The van der Waals surface area contributed by atoms with Gasteiger partial charge in [-0.3, -0.25) is 9.36 Å². The molecule has 6 fully saturated rings. The zero-order valence-corrected chi connectivity index (χ0v) is 62.4. The van der Waals surface area contributed by atoms with Crippen LogP contribution in [0.2, 0.25) is 41.3 Å². The predicted octanol–water partition coefficient (Wildman–Crippen LogP) is 12.8. The third-order valence-corrected chi connectivity index (χ3v) is 56.3. The molecule has 8 bridgehead atoms. The highest BCUT2D eigenvalue weighted by atomic mass is 28.6. The van der Waals surface area contributed by atoms with Crippen LogP contribution in [-0.4, -0.2) is 114 Å². The zero-order valence-electron chi connectivity index (χ0n) is 54.4. The second-order valence-corrected chi connectivity index (χ2v) is 60.8. The summed E-state index contributed by atoms with van der Waals surface area (Å²) < 4.78 is 107. The van der Waals surface area contributed by atoms with E-state index >= 15 is 0 Å². The fourth-order valence-corrected chi connectivity index (χ4v) is 68.5. The highest BCUT2D eigenvalue weighted by molar-refractivity contribution is 7.05. The van der Waals surface area contributed by atoms with Crippen LogP contribution in [0.15, 0.2) is 66.2 Å². The van der Waals surface area contributed by atoms with E-state index in [1.165, 1.54) is 11.1 Å². The minimum Gasteiger partial charge on any atom is -0.494 e. The monoisotopic (exact) mass is 1300 g/mol. The van der Waals surface area contributed by atoms with Gasteiger partial charge in [0, 0.05) is 85.5 Å². The average molecular weight is 1300 g/mol. The third-order valence-electron chi connectivity index (χ3n) is 16.2. The molecule has 10 rings (SSSR count). The number of rotatable bonds is 19. The Balaban J connectivity index is 0.916. The van der Waals surface area contributed by atoms with E-state index in [9.17, 15) is 0 Å². The number of unbranched alkanes of at least 4 members (excludes halogenated alkanes) is 2. The molecule has 468 valence electrons. The summed E-state index contributed by atoms with van der Waals surface area (Å²) in [7, 11) is -34.5. The van der Waals surface area contributed by atoms with Gasteiger partial charge in [-0.25, -0.2) is 0 Å². The smallest absolute Gasteiger partial charge is 0.484 e. The number of allylic oxidation sites excluding steroid dienone is 1. The number of ether oxygens (including phenoxy) is 1. The van der Waals surface area contributed by atoms with Crippen LogP contribution in [0.1, 0.15) is 194 Å². The van der Waals surface area contributed by atoms with Crippen molar-refractivity contribution in [1.82, 2.24) is 35.3 Å². The summed E-state index contributed by atoms with van der Waals surface area (Å²) in [5.74, 6) is 0.887. The predicted molar refractivity (Wildman–Crippen MR) is 337 cm³/mol. The first-order valence-corrected chi connectivity index (χ1v) is 44.4. The largest absolute Gasteiger partial charge is 0.494 e. The maximum Gasteiger partial charge on any atom is 0.484 e. The number of hydrogen-bond donors (Lipinski definition) is 1. The molecule has 7 aliphatic rings. The minimum atomic E-state index is -4.33. The van der Waals surface area contributed by atoms with Crippen molar-refractivity contribution < 1.29 is 54.1 Å². The van der Waals surface area contributed by atoms with Crippen LogP contribution < -0.4 is 10.1 Å². The molecule has 20 nitrogen and oxygen atoms in total. The Kier molecular flexibility index (Phi) is 18.1. The Morgan fingerprint density at radius 1 is 0.452 bits per heavy atom. The summed E-state index contributed by atoms with van der Waals surface area (Å²) in [5.41, 5.74) is 7.52. The van der Waals surface area contributed by atoms with Crippen molar-refractivity contribution in [2.24, 2.45) is 0 Å². The van der Waals surface area contributed by atoms with Gasteiger partial charge in [0.05, 0.1) is 18.0 Å². The Bertz CT molecular complexity index is 2760. The first kappa shape index (κ1) is 66.2. The molecule has 1 N–H and O–H groups in total. The van der Waals surface area contributed by atoms with Gasteiger partial charge in [-0.05, 0) is 74.8 Å². The molecule has 0 unspecified atom stereocenters. The number of benzene rings is 1. The van der Waals surface area contributed by atoms with Crippen molar-refractivity contribution in [2.75, 3.05) is 13.2 Å². The van der Waals surface area contributed by atoms with E-state index in [1.54, 1.807) is 0 Å². The molecule has 1 aromatic carbocycles. The molecule has 0 amide bonds. The maximum atomic E-state index is 8.10. The van der Waals surface area contributed by atoms with Crippen molar-refractivity contribution in [2.45, 2.75) is 251 Å². The lowest BCUT2D eigenvalue weighted by Gasteiger charge is -2.70. The Morgan fingerprint density at radius 3 is 1.19 bits per heavy atom. The van der Waals surface area contributed by atoms with Crippen LogP contribution in [0.3, 0.4) is 0 Å². The lowest BCUT2D eigenvalue weighted by Crippen LogP contribution is -2.93. The first-order chi connectivity index (χ1) is 38.7. The topological polar surface area (TPSA) is 193 Å². The summed E-state index contributed by atoms with van der Waals surface area (Å²) >= 11 is 0. The average Bonchev–Trinajstić information content (AvgIpc) is 0.896. The van der Waals surface area contributed by atoms with Crippen LogP contribution >= 0.6 is 0 Å². The SMILES string of the molecule is CC(C)(C)[Si]12O[Si]3(CCCn4cc(CCCCn5cc(CCCCOc6ccc(CNCC7=C=CC=C7)cc6)nn5)nn4)O[Si]4(C(C)(C)C)O[Si](C(C)(C)C)(O1)O[Si]1(C(C)(C)C)O[Si](C(C)(C)C)(O2)O[Si](C(C)(C)C)(O3)O[Si](C(C)(C)C)(O4)O1. The quantitative estimate of drug-likeness (QED) is 0.0676. The van der Waals surface area contributed by atoms with Gasteiger partial charge in [0.15, 0.2) is 0 Å². The summed E-state index contributed by atoms with van der Waals surface area (Å²) in [4.78, 5) is 0. The molecule has 1 aliphatic carbocycles. The van der Waals surface area contributed by atoms with Gasteiger partial charge in [-0.1, -0.05) is 174 Å². The van der Waals surface area contributed by atoms with E-state index in [-0.39, 0.29) is 0 Å². The summed E-state index contributed by atoms with van der Waals surface area (Å²) in [6, 6.07) is 8.61. The number of aromatic nitrogens is 6. The summed E-state index contributed by atoms with van der Waals surface area (Å²) in [6.07, 6.45) is 16.0. The van der Waals surface area contributed by atoms with Gasteiger partial charge in [0.2, 0.25) is 0 Å². The van der Waals surface area contributed by atoms with E-state index in [0.29, 0.717) is 25.6 Å². The van der Waals surface area contributed by atoms with Gasteiger partial charge < -0.3 is 59.4 Å². The van der Waals surface area contributed by atoms with E-state index in [0.717, 1.165) is 75.3 Å². The minimum absolute atomic E-state index is 0.299. The lowest BCUT2D eigenvalue weighted by atomic mass is 10.2. The Hall–Kier alpha value is -2.22. The van der Waals surface area contributed by atoms with Gasteiger partial charge in [0.25, 0.3) is 0 Å². The number of nitrogens with one attached hydrogen (secondary N) is 1. The molecule has 28 heteroatoms. The first-order valence-electron chi connectivity index (χ1n) is 30.4. The molecular weight excluding hydrogens is 1200 g/mol. The lowest BCUT2D eigenvalue weighted by molar-refractivity contribution is -0.0617. The van der Waals surface area contributed by atoms with Crippen LogP contribution in [0.5, 0.6) is 5.75 Å². The Morgan fingerprint density at radius 2 is 0.821 bits per heavy atom. The second kappa shape index (κ2) is 22.9. The van der Waals surface area contributed by atoms with Gasteiger partial charge in [0.1, 0.15) is 5.75 Å². The van der Waals surface area contributed by atoms with Crippen LogP contribution in [0.4, 0.5) is 0 Å². The molecule has 0 atom stereocenters. The standard InChI is InChI=1S/C56H99N7O13Si8/c1-50(2,3)78-65-77(40-28-38-63-44-47(58-61-63)31-24-26-37-62-43-48(59-60-62)32-25-27-39-64-49-35-33-46(34-36-49)42-57-41-45-29-22-23-30-45)66-79(51(4,5)6)70-81(68-78,53(10,11)12)74-84(56(19,20)21)75-82(69-78,54(13,14)15)71-80(67-77,52(7,8)9)73-83(72-79,76-84)55(16,17)18/h22-23,29,33-36,43-44,57H,24-28,31-32,37-42H2,1-21H3. The van der Waals surface area contributed by atoms with Crippen LogP contribution in [0.25, 0.3) is 0 Å². The molecule has 3 aromatic rings. The maximum absolute atomic E-state index is 8.10. The van der Waals surface area contributed by atoms with Crippen molar-refractivity contribution in [3.8, 4) is 5.75 Å². The van der Waals surface area contributed by atoms with E-state index < -0.39 is 106 Å². The van der Waals surface area contributed by atoms with E-state index in [1.807, 2.05) is 39.8 Å². The van der Waals surface area contributed by atoms with Gasteiger partial charge in [-0.15, -0.1) is 15.9 Å². The van der Waals surface area contributed by atoms with Gasteiger partial charge >= 0.3 is 70.4 Å². The van der Waals surface area contributed by atoms with Crippen molar-refractivity contribution >= 4 is 70.4 Å². The van der Waals surface area contributed by atoms with Crippen molar-refractivity contribution in [3.63, 3.8) is 0 Å². The molecule has 2 aromatic heterocycles. The molecule has 0 spiro atoms. The number of hydrogen-bond acceptors (Lipinski definition) is 18. The molecule has 0 saturated carbocycles. The number of aryl methyl sites for hydroxylation is 4. The highest BCUT2D eigenvalue weighted by Gasteiger charge is 2.90. The van der Waals surface area contributed by atoms with Crippen LogP contribution in [0, 0.1) is 0 Å². The van der Waals surface area contributed by atoms with E-state index in [4.69, 9.17) is 54.1 Å². The molecule has 0 radical (unpaired) electrons. The van der Waals surface area contributed by atoms with E-state index in [2.05, 4.69) is 201 Å². The zero-order chi connectivity index (χ0) is 61.5. The number of nitrogens with zero attached hydrogens (tertiary/aromatic N) is 6. The Labute approximate surface area is 510 Å². The molecule has 6 aliphatic heterocycles. The molecule has 84 heavy (non-hydrogen) atoms. The summed E-state index contributed by atoms with van der Waals surface area (Å²) in [6.45, 7) is 47.5. The van der Waals surface area contributed by atoms with Gasteiger partial charge in [-0.2, -0.15) is 0 Å². The molecular formula is C56H99N7O13Si8. The van der Waals surface area contributed by atoms with Crippen LogP contribution in [-0.2, 0) is 81.9 Å². The molecule has 6 saturated heterocycles. The fourth-order valence-electron chi connectivity index (χ4n) is 10.4. The summed E-state index contributed by atoms with van der Waals surface area (Å²) in [5, 5.41) is 15.9. The highest BCUT2D eigenvalue weighted by Crippen LogP contribution is 2.67.